The van der Waals surface area contributed by atoms with Gasteiger partial charge in [0.2, 0.25) is 0 Å². The van der Waals surface area contributed by atoms with Crippen LogP contribution < -0.4 is 0 Å². The van der Waals surface area contributed by atoms with Crippen LogP contribution in [-0.2, 0) is 18.3 Å². The lowest BCUT2D eigenvalue weighted by Crippen LogP contribution is -2.38. The van der Waals surface area contributed by atoms with Crippen LogP contribution in [0, 0.1) is 4.64 Å². The van der Waals surface area contributed by atoms with Crippen LogP contribution in [0.3, 0.4) is 0 Å². The van der Waals surface area contributed by atoms with Crippen LogP contribution in [0.2, 0.25) is 0 Å². The standard InChI is InChI=1S/C18H20N2S/c21-16-14-9-4-5-10-15(14)19-17(20-16)18(11-6-12-18)13-7-2-1-3-8-13/h1-3,7-8H,4-6,9-12H2,(H,19,20,21). The average molecular weight is 296 g/mol. The van der Waals surface area contributed by atoms with E-state index in [0.717, 1.165) is 23.3 Å². The summed E-state index contributed by atoms with van der Waals surface area (Å²) in [6.45, 7) is 0. The number of fused-ring (bicyclic) bond motifs is 1. The second kappa shape index (κ2) is 5.06. The van der Waals surface area contributed by atoms with Crippen LogP contribution >= 0.6 is 12.2 Å². The Hall–Kier alpha value is -1.48. The Morgan fingerprint density at radius 3 is 2.48 bits per heavy atom. The Labute approximate surface area is 130 Å². The quantitative estimate of drug-likeness (QED) is 0.827. The number of aromatic nitrogens is 2. The molecule has 0 saturated heterocycles. The predicted octanol–water partition coefficient (Wildman–Crippen LogP) is 4.49. The number of hydrogen-bond donors (Lipinski definition) is 1. The number of aromatic amines is 1. The smallest absolute Gasteiger partial charge is 0.133 e. The molecule has 1 fully saturated rings. The minimum atomic E-state index is 0.0707. The summed E-state index contributed by atoms with van der Waals surface area (Å²) in [6, 6.07) is 10.8. The summed E-state index contributed by atoms with van der Waals surface area (Å²) in [6.07, 6.45) is 8.35. The Bertz CT molecular complexity index is 714. The first-order chi connectivity index (χ1) is 10.3. The molecule has 0 radical (unpaired) electrons. The molecule has 1 aromatic heterocycles. The van der Waals surface area contributed by atoms with Gasteiger partial charge in [-0.05, 0) is 44.1 Å². The van der Waals surface area contributed by atoms with E-state index in [1.54, 1.807) is 0 Å². The lowest BCUT2D eigenvalue weighted by molar-refractivity contribution is 0.283. The molecule has 0 atom stereocenters. The molecule has 0 aliphatic heterocycles. The second-order valence-electron chi connectivity index (χ2n) is 6.36. The Balaban J connectivity index is 1.85. The molecule has 21 heavy (non-hydrogen) atoms. The van der Waals surface area contributed by atoms with Crippen molar-refractivity contribution >= 4 is 12.2 Å². The van der Waals surface area contributed by atoms with Crippen LogP contribution in [0.15, 0.2) is 30.3 Å². The number of nitrogens with one attached hydrogen (secondary N) is 1. The molecule has 2 nitrogen and oxygen atoms in total. The third-order valence-corrected chi connectivity index (χ3v) is 5.53. The lowest BCUT2D eigenvalue weighted by atomic mass is 9.63. The van der Waals surface area contributed by atoms with Crippen molar-refractivity contribution in [1.82, 2.24) is 9.97 Å². The first-order valence-electron chi connectivity index (χ1n) is 7.98. The fourth-order valence-corrected chi connectivity index (χ4v) is 4.11. The molecule has 0 spiro atoms. The maximum atomic E-state index is 5.59. The minimum absolute atomic E-state index is 0.0707. The van der Waals surface area contributed by atoms with Crippen LogP contribution in [-0.4, -0.2) is 9.97 Å². The first kappa shape index (κ1) is 13.2. The van der Waals surface area contributed by atoms with E-state index in [9.17, 15) is 0 Å². The number of benzene rings is 1. The van der Waals surface area contributed by atoms with E-state index >= 15 is 0 Å². The normalized spacial score (nSPS) is 19.6. The molecule has 1 saturated carbocycles. The largest absolute Gasteiger partial charge is 0.346 e. The van der Waals surface area contributed by atoms with Crippen LogP contribution in [0.25, 0.3) is 0 Å². The maximum absolute atomic E-state index is 5.59. The van der Waals surface area contributed by atoms with Crippen molar-refractivity contribution in [2.75, 3.05) is 0 Å². The van der Waals surface area contributed by atoms with E-state index in [2.05, 4.69) is 35.3 Å². The highest BCUT2D eigenvalue weighted by Gasteiger charge is 2.42. The molecule has 108 valence electrons. The van der Waals surface area contributed by atoms with E-state index in [1.807, 2.05) is 0 Å². The van der Waals surface area contributed by atoms with Gasteiger partial charge >= 0.3 is 0 Å². The molecule has 1 aromatic carbocycles. The fraction of sp³-hybridized carbons (Fsp3) is 0.444. The van der Waals surface area contributed by atoms with Crippen LogP contribution in [0.4, 0.5) is 0 Å². The minimum Gasteiger partial charge on any atom is -0.346 e. The molecule has 2 aromatic rings. The van der Waals surface area contributed by atoms with Gasteiger partial charge < -0.3 is 4.98 Å². The molecule has 0 bridgehead atoms. The number of hydrogen-bond acceptors (Lipinski definition) is 2. The molecule has 4 rings (SSSR count). The third-order valence-electron chi connectivity index (χ3n) is 5.20. The molecule has 2 aliphatic carbocycles. The van der Waals surface area contributed by atoms with Crippen molar-refractivity contribution in [1.29, 1.82) is 0 Å². The van der Waals surface area contributed by atoms with Crippen molar-refractivity contribution in [3.63, 3.8) is 0 Å². The van der Waals surface area contributed by atoms with Crippen LogP contribution in [0.5, 0.6) is 0 Å². The van der Waals surface area contributed by atoms with Crippen molar-refractivity contribution < 1.29 is 0 Å². The fourth-order valence-electron chi connectivity index (χ4n) is 3.80. The topological polar surface area (TPSA) is 28.7 Å². The Morgan fingerprint density at radius 2 is 1.76 bits per heavy atom. The zero-order chi connectivity index (χ0) is 14.3. The van der Waals surface area contributed by atoms with Crippen molar-refractivity contribution in [3.8, 4) is 0 Å². The van der Waals surface area contributed by atoms with E-state index in [0.29, 0.717) is 0 Å². The molecule has 0 amide bonds. The summed E-state index contributed by atoms with van der Waals surface area (Å²) < 4.78 is 0.834. The molecule has 2 aliphatic rings. The molecular weight excluding hydrogens is 276 g/mol. The van der Waals surface area contributed by atoms with Gasteiger partial charge in [0.05, 0.1) is 5.41 Å². The zero-order valence-corrected chi connectivity index (χ0v) is 13.0. The molecular formula is C18H20N2S. The average Bonchev–Trinajstić information content (AvgIpc) is 2.47. The molecule has 0 unspecified atom stereocenters. The van der Waals surface area contributed by atoms with Gasteiger partial charge in [0.1, 0.15) is 10.5 Å². The summed E-state index contributed by atoms with van der Waals surface area (Å²) in [5.74, 6) is 1.10. The zero-order valence-electron chi connectivity index (χ0n) is 12.2. The van der Waals surface area contributed by atoms with Gasteiger partial charge in [0, 0.05) is 11.3 Å². The lowest BCUT2D eigenvalue weighted by Gasteiger charge is -2.42. The van der Waals surface area contributed by atoms with Gasteiger partial charge in [-0.15, -0.1) is 0 Å². The highest BCUT2D eigenvalue weighted by atomic mass is 32.1. The van der Waals surface area contributed by atoms with E-state index in [4.69, 9.17) is 17.2 Å². The summed E-state index contributed by atoms with van der Waals surface area (Å²) >= 11 is 5.59. The van der Waals surface area contributed by atoms with Gasteiger partial charge in [-0.2, -0.15) is 0 Å². The highest BCUT2D eigenvalue weighted by molar-refractivity contribution is 7.71. The molecule has 3 heteroatoms. The van der Waals surface area contributed by atoms with Gasteiger partial charge in [0.25, 0.3) is 0 Å². The SMILES string of the molecule is S=c1nc(C2(c3ccccc3)CCC2)[nH]c2c1CCCC2. The summed E-state index contributed by atoms with van der Waals surface area (Å²) in [7, 11) is 0. The van der Waals surface area contributed by atoms with Crippen molar-refractivity contribution in [2.45, 2.75) is 50.4 Å². The third kappa shape index (κ3) is 2.06. The summed E-state index contributed by atoms with van der Waals surface area (Å²) in [5, 5.41) is 0. The molecule has 1 N–H and O–H groups in total. The Kier molecular flexibility index (Phi) is 3.18. The number of rotatable bonds is 2. The molecule has 1 heterocycles. The van der Waals surface area contributed by atoms with E-state index < -0.39 is 0 Å². The van der Waals surface area contributed by atoms with Gasteiger partial charge in [0.15, 0.2) is 0 Å². The monoisotopic (exact) mass is 296 g/mol. The van der Waals surface area contributed by atoms with Gasteiger partial charge in [-0.1, -0.05) is 49.0 Å². The number of nitrogens with zero attached hydrogens (tertiary/aromatic N) is 1. The summed E-state index contributed by atoms with van der Waals surface area (Å²) in [5.41, 5.74) is 4.09. The number of H-pyrrole nitrogens is 1. The summed E-state index contributed by atoms with van der Waals surface area (Å²) in [4.78, 5) is 8.49. The predicted molar refractivity (Wildman–Crippen MR) is 87.1 cm³/mol. The first-order valence-corrected chi connectivity index (χ1v) is 8.38. The Morgan fingerprint density at radius 1 is 1.00 bits per heavy atom. The van der Waals surface area contributed by atoms with Crippen molar-refractivity contribution in [3.05, 3.63) is 57.6 Å². The van der Waals surface area contributed by atoms with E-state index in [-0.39, 0.29) is 5.41 Å². The van der Waals surface area contributed by atoms with Gasteiger partial charge in [-0.3, -0.25) is 0 Å². The highest BCUT2D eigenvalue weighted by Crippen LogP contribution is 2.47. The number of aryl methyl sites for hydroxylation is 1. The second-order valence-corrected chi connectivity index (χ2v) is 6.74. The maximum Gasteiger partial charge on any atom is 0.133 e. The van der Waals surface area contributed by atoms with Crippen LogP contribution in [0.1, 0.15) is 54.7 Å². The van der Waals surface area contributed by atoms with Gasteiger partial charge in [-0.25, -0.2) is 4.98 Å². The van der Waals surface area contributed by atoms with E-state index in [1.165, 1.54) is 48.9 Å². The van der Waals surface area contributed by atoms with Crippen molar-refractivity contribution in [2.24, 2.45) is 0 Å².